The molecular formula is C23H24N2O8. The molecule has 10 nitrogen and oxygen atoms in total. The van der Waals surface area contributed by atoms with E-state index >= 15 is 0 Å². The number of phenols is 2. The monoisotopic (exact) mass is 456 g/mol. The van der Waals surface area contributed by atoms with Crippen molar-refractivity contribution in [2.75, 3.05) is 20.1 Å². The lowest BCUT2D eigenvalue weighted by Gasteiger charge is -2.34. The molecule has 2 heterocycles. The van der Waals surface area contributed by atoms with E-state index in [1.807, 2.05) is 11.9 Å². The number of hydrogen-bond acceptors (Lipinski definition) is 9. The van der Waals surface area contributed by atoms with Gasteiger partial charge in [-0.05, 0) is 44.6 Å². The number of rotatable bonds is 4. The van der Waals surface area contributed by atoms with E-state index in [4.69, 9.17) is 4.42 Å². The van der Waals surface area contributed by atoms with E-state index < -0.39 is 34.2 Å². The van der Waals surface area contributed by atoms with Gasteiger partial charge in [0, 0.05) is 36.2 Å². The van der Waals surface area contributed by atoms with Crippen LogP contribution in [0.25, 0.3) is 11.0 Å². The zero-order chi connectivity index (χ0) is 24.0. The minimum absolute atomic E-state index is 0.0387. The fourth-order valence-electron chi connectivity index (χ4n) is 4.52. The standard InChI is InChI=1S/C23H24N2O8/c1-11-18(21(29)12-3-5-13(6-4-12)25(31)32)22(30)20-16(27)9-15(26)19(23(20)33-11)14-7-8-24(2)10-17(14)28/h3-6,9,14,17,21,26-29H,7-8,10H2,1-2H3. The summed E-state index contributed by atoms with van der Waals surface area (Å²) in [5, 5.41) is 53.2. The van der Waals surface area contributed by atoms with Gasteiger partial charge in [-0.3, -0.25) is 14.9 Å². The van der Waals surface area contributed by atoms with E-state index in [2.05, 4.69) is 0 Å². The molecule has 1 aliphatic rings. The van der Waals surface area contributed by atoms with Crippen LogP contribution in [-0.2, 0) is 0 Å². The molecule has 0 saturated carbocycles. The van der Waals surface area contributed by atoms with Crippen molar-refractivity contribution in [1.82, 2.24) is 4.90 Å². The van der Waals surface area contributed by atoms with Crippen molar-refractivity contribution >= 4 is 16.7 Å². The molecule has 3 aromatic rings. The van der Waals surface area contributed by atoms with Gasteiger partial charge in [-0.1, -0.05) is 0 Å². The summed E-state index contributed by atoms with van der Waals surface area (Å²) in [5.41, 5.74) is -0.557. The highest BCUT2D eigenvalue weighted by Gasteiger charge is 2.34. The molecule has 3 unspecified atom stereocenters. The molecule has 174 valence electrons. The summed E-state index contributed by atoms with van der Waals surface area (Å²) in [6.45, 7) is 2.50. The Bertz CT molecular complexity index is 1280. The molecule has 0 amide bonds. The van der Waals surface area contributed by atoms with Crippen molar-refractivity contribution in [1.29, 1.82) is 0 Å². The SMILES string of the molecule is Cc1oc2c(C3CCN(C)CC3O)c(O)cc(O)c2c(=O)c1C(O)c1ccc([N+](=O)[O-])cc1. The Labute approximate surface area is 188 Å². The van der Waals surface area contributed by atoms with Crippen LogP contribution in [0.4, 0.5) is 5.69 Å². The molecule has 4 N–H and O–H groups in total. The number of non-ortho nitro benzene ring substituents is 1. The van der Waals surface area contributed by atoms with Crippen LogP contribution in [0.5, 0.6) is 11.5 Å². The van der Waals surface area contributed by atoms with Gasteiger partial charge in [-0.25, -0.2) is 0 Å². The number of aryl methyl sites for hydroxylation is 1. The number of hydrogen-bond donors (Lipinski definition) is 4. The molecule has 0 bridgehead atoms. The van der Waals surface area contributed by atoms with E-state index in [0.717, 1.165) is 6.07 Å². The lowest BCUT2D eigenvalue weighted by atomic mass is 9.85. The molecule has 0 radical (unpaired) electrons. The van der Waals surface area contributed by atoms with Crippen LogP contribution in [0.3, 0.4) is 0 Å². The number of aromatic hydroxyl groups is 2. The van der Waals surface area contributed by atoms with Crippen molar-refractivity contribution in [2.24, 2.45) is 0 Å². The van der Waals surface area contributed by atoms with Crippen LogP contribution < -0.4 is 5.43 Å². The minimum atomic E-state index is -1.46. The van der Waals surface area contributed by atoms with Gasteiger partial charge in [0.2, 0.25) is 5.43 Å². The Kier molecular flexibility index (Phi) is 5.83. The molecular weight excluding hydrogens is 432 g/mol. The van der Waals surface area contributed by atoms with Gasteiger partial charge in [-0.15, -0.1) is 0 Å². The summed E-state index contributed by atoms with van der Waals surface area (Å²) in [6.07, 6.45) is -1.78. The normalized spacial score (nSPS) is 20.1. The van der Waals surface area contributed by atoms with Crippen LogP contribution in [0.1, 0.15) is 40.9 Å². The van der Waals surface area contributed by atoms with Gasteiger partial charge >= 0.3 is 0 Å². The number of likely N-dealkylation sites (N-methyl/N-ethyl adjacent to an activating group) is 1. The molecule has 1 aliphatic heterocycles. The van der Waals surface area contributed by atoms with Gasteiger partial charge < -0.3 is 29.7 Å². The minimum Gasteiger partial charge on any atom is -0.507 e. The summed E-state index contributed by atoms with van der Waals surface area (Å²) in [5.74, 6) is -1.26. The van der Waals surface area contributed by atoms with E-state index in [0.29, 0.717) is 19.5 Å². The number of piperidine rings is 1. The average molecular weight is 456 g/mol. The number of likely N-dealkylation sites (tertiary alicyclic amines) is 1. The van der Waals surface area contributed by atoms with Crippen LogP contribution in [0, 0.1) is 17.0 Å². The third-order valence-electron chi connectivity index (χ3n) is 6.23. The lowest BCUT2D eigenvalue weighted by Crippen LogP contribution is -2.40. The smallest absolute Gasteiger partial charge is 0.269 e. The zero-order valence-corrected chi connectivity index (χ0v) is 18.1. The molecule has 1 fully saturated rings. The fourth-order valence-corrected chi connectivity index (χ4v) is 4.52. The Hall–Kier alpha value is -3.47. The molecule has 0 spiro atoms. The van der Waals surface area contributed by atoms with Crippen LogP contribution >= 0.6 is 0 Å². The predicted molar refractivity (Wildman–Crippen MR) is 119 cm³/mol. The lowest BCUT2D eigenvalue weighted by molar-refractivity contribution is -0.384. The number of β-amino-alcohol motifs (C(OH)–C–C–N with tert-alkyl or cyclic N) is 1. The first kappa shape index (κ1) is 22.7. The third-order valence-corrected chi connectivity index (χ3v) is 6.23. The number of nitro groups is 1. The average Bonchev–Trinajstić information content (AvgIpc) is 2.74. The third kappa shape index (κ3) is 3.92. The highest BCUT2D eigenvalue weighted by atomic mass is 16.6. The highest BCUT2D eigenvalue weighted by molar-refractivity contribution is 5.89. The van der Waals surface area contributed by atoms with Crippen LogP contribution in [0.2, 0.25) is 0 Å². The number of aliphatic hydroxyl groups is 2. The first-order valence-electron chi connectivity index (χ1n) is 10.4. The topological polar surface area (TPSA) is 158 Å². The summed E-state index contributed by atoms with van der Waals surface area (Å²) in [4.78, 5) is 25.7. The zero-order valence-electron chi connectivity index (χ0n) is 18.1. The van der Waals surface area contributed by atoms with Crippen molar-refractivity contribution < 1.29 is 29.8 Å². The fraction of sp³-hybridized carbons (Fsp3) is 0.348. The quantitative estimate of drug-likeness (QED) is 0.341. The molecule has 1 saturated heterocycles. The first-order valence-corrected chi connectivity index (χ1v) is 10.4. The molecule has 3 atom stereocenters. The predicted octanol–water partition coefficient (Wildman–Crippen LogP) is 2.28. The van der Waals surface area contributed by atoms with Gasteiger partial charge in [0.25, 0.3) is 5.69 Å². The highest BCUT2D eigenvalue weighted by Crippen LogP contribution is 2.42. The van der Waals surface area contributed by atoms with E-state index in [9.17, 15) is 35.3 Å². The van der Waals surface area contributed by atoms with Crippen molar-refractivity contribution in [3.05, 3.63) is 73.1 Å². The van der Waals surface area contributed by atoms with Crippen molar-refractivity contribution in [2.45, 2.75) is 31.5 Å². The van der Waals surface area contributed by atoms with Crippen LogP contribution in [0.15, 0.2) is 39.5 Å². The molecule has 4 rings (SSSR count). The summed E-state index contributed by atoms with van der Waals surface area (Å²) < 4.78 is 5.89. The van der Waals surface area contributed by atoms with Gasteiger partial charge in [0.1, 0.15) is 34.3 Å². The number of nitro benzene ring substituents is 1. The molecule has 33 heavy (non-hydrogen) atoms. The maximum Gasteiger partial charge on any atom is 0.269 e. The number of fused-ring (bicyclic) bond motifs is 1. The summed E-state index contributed by atoms with van der Waals surface area (Å²) in [6, 6.07) is 6.14. The second-order valence-corrected chi connectivity index (χ2v) is 8.41. The maximum atomic E-state index is 13.4. The molecule has 2 aromatic carbocycles. The van der Waals surface area contributed by atoms with Gasteiger partial charge in [0.05, 0.1) is 16.6 Å². The Morgan fingerprint density at radius 3 is 2.48 bits per heavy atom. The number of aliphatic hydroxyl groups excluding tert-OH is 2. The number of phenolic OH excluding ortho intramolecular Hbond substituents is 2. The van der Waals surface area contributed by atoms with Crippen LogP contribution in [-0.4, -0.2) is 56.5 Å². The van der Waals surface area contributed by atoms with Crippen molar-refractivity contribution in [3.8, 4) is 11.5 Å². The number of nitrogens with zero attached hydrogens (tertiary/aromatic N) is 2. The molecule has 0 aliphatic carbocycles. The first-order chi connectivity index (χ1) is 15.6. The van der Waals surface area contributed by atoms with Gasteiger partial charge in [0.15, 0.2) is 0 Å². The van der Waals surface area contributed by atoms with E-state index in [1.165, 1.54) is 31.2 Å². The molecule has 10 heteroatoms. The Morgan fingerprint density at radius 1 is 1.21 bits per heavy atom. The second-order valence-electron chi connectivity index (χ2n) is 8.41. The largest absolute Gasteiger partial charge is 0.507 e. The van der Waals surface area contributed by atoms with E-state index in [-0.39, 0.29) is 44.9 Å². The summed E-state index contributed by atoms with van der Waals surface area (Å²) in [7, 11) is 1.87. The Morgan fingerprint density at radius 2 is 1.88 bits per heavy atom. The Balaban J connectivity index is 1.88. The van der Waals surface area contributed by atoms with Crippen molar-refractivity contribution in [3.63, 3.8) is 0 Å². The maximum absolute atomic E-state index is 13.4. The second kappa shape index (κ2) is 8.47. The van der Waals surface area contributed by atoms with E-state index in [1.54, 1.807) is 0 Å². The number of benzene rings is 2. The molecule has 1 aromatic heterocycles. The summed E-state index contributed by atoms with van der Waals surface area (Å²) >= 11 is 0. The van der Waals surface area contributed by atoms with Gasteiger partial charge in [-0.2, -0.15) is 0 Å².